The largest absolute Gasteiger partial charge is 0.478 e. The molecule has 1 atom stereocenters. The minimum absolute atomic E-state index is 0.0696. The van der Waals surface area contributed by atoms with E-state index in [2.05, 4.69) is 15.6 Å². The molecule has 0 aromatic heterocycles. The van der Waals surface area contributed by atoms with Gasteiger partial charge in [0.15, 0.2) is 17.7 Å². The molecule has 0 heterocycles. The van der Waals surface area contributed by atoms with Gasteiger partial charge in [-0.25, -0.2) is 9.18 Å². The number of hydrazine groups is 1. The topological polar surface area (TPSA) is 93.7 Å². The first-order chi connectivity index (χ1) is 12.4. The highest BCUT2D eigenvalue weighted by atomic mass is 19.1. The molecule has 7 nitrogen and oxygen atoms in total. The van der Waals surface area contributed by atoms with Crippen LogP contribution in [-0.4, -0.2) is 31.0 Å². The van der Waals surface area contributed by atoms with Crippen LogP contribution in [0.5, 0.6) is 5.75 Å². The Labute approximate surface area is 149 Å². The molecule has 0 spiro atoms. The van der Waals surface area contributed by atoms with Crippen LogP contribution in [-0.2, 0) is 9.53 Å². The number of benzene rings is 2. The normalized spacial score (nSPS) is 11.2. The first kappa shape index (κ1) is 18.9. The number of amides is 2. The number of halogens is 1. The highest BCUT2D eigenvalue weighted by Gasteiger charge is 2.17. The molecule has 0 aliphatic carbocycles. The Bertz CT molecular complexity index is 807. The molecule has 0 unspecified atom stereocenters. The second kappa shape index (κ2) is 8.61. The maximum Gasteiger partial charge on any atom is 0.337 e. The molecular formula is C18H17FN2O5. The van der Waals surface area contributed by atoms with Gasteiger partial charge in [-0.2, -0.15) is 0 Å². The number of methoxy groups -OCH3 is 1. The van der Waals surface area contributed by atoms with Gasteiger partial charge in [0.05, 0.1) is 12.7 Å². The first-order valence-corrected chi connectivity index (χ1v) is 7.62. The van der Waals surface area contributed by atoms with Crippen LogP contribution in [0.4, 0.5) is 4.39 Å². The van der Waals surface area contributed by atoms with Gasteiger partial charge >= 0.3 is 5.97 Å². The lowest BCUT2D eigenvalue weighted by Crippen LogP contribution is -2.47. The summed E-state index contributed by atoms with van der Waals surface area (Å²) in [6, 6.07) is 11.3. The van der Waals surface area contributed by atoms with Gasteiger partial charge < -0.3 is 9.47 Å². The molecule has 2 amide bonds. The number of nitrogens with one attached hydrogen (secondary N) is 2. The SMILES string of the molecule is COC(=O)c1ccc(C(=O)NNC(=O)[C@@H](C)Oc2ccccc2F)cc1. The van der Waals surface area contributed by atoms with Crippen LogP contribution in [0.3, 0.4) is 0 Å². The van der Waals surface area contributed by atoms with E-state index in [0.717, 1.165) is 0 Å². The summed E-state index contributed by atoms with van der Waals surface area (Å²) in [5, 5.41) is 0. The van der Waals surface area contributed by atoms with Crippen LogP contribution in [0, 0.1) is 5.82 Å². The molecular weight excluding hydrogens is 343 g/mol. The van der Waals surface area contributed by atoms with Crippen LogP contribution >= 0.6 is 0 Å². The lowest BCUT2D eigenvalue weighted by atomic mass is 10.1. The Kier molecular flexibility index (Phi) is 6.26. The maximum atomic E-state index is 13.5. The summed E-state index contributed by atoms with van der Waals surface area (Å²) >= 11 is 0. The van der Waals surface area contributed by atoms with Crippen molar-refractivity contribution >= 4 is 17.8 Å². The molecule has 2 N–H and O–H groups in total. The fourth-order valence-electron chi connectivity index (χ4n) is 1.95. The van der Waals surface area contributed by atoms with E-state index in [-0.39, 0.29) is 11.3 Å². The second-order valence-corrected chi connectivity index (χ2v) is 5.20. The summed E-state index contributed by atoms with van der Waals surface area (Å²) < 4.78 is 23.3. The fourth-order valence-corrected chi connectivity index (χ4v) is 1.95. The Hall–Kier alpha value is -3.42. The summed E-state index contributed by atoms with van der Waals surface area (Å²) in [5.41, 5.74) is 4.92. The van der Waals surface area contributed by atoms with E-state index in [9.17, 15) is 18.8 Å². The van der Waals surface area contributed by atoms with Gasteiger partial charge in [-0.05, 0) is 43.3 Å². The number of hydrogen-bond acceptors (Lipinski definition) is 5. The van der Waals surface area contributed by atoms with Crippen molar-refractivity contribution in [3.05, 3.63) is 65.5 Å². The van der Waals surface area contributed by atoms with Gasteiger partial charge in [-0.3, -0.25) is 20.4 Å². The third-order valence-corrected chi connectivity index (χ3v) is 3.38. The van der Waals surface area contributed by atoms with Gasteiger partial charge in [-0.1, -0.05) is 12.1 Å². The highest BCUT2D eigenvalue weighted by Crippen LogP contribution is 2.16. The van der Waals surface area contributed by atoms with Crippen LogP contribution < -0.4 is 15.6 Å². The van der Waals surface area contributed by atoms with Gasteiger partial charge in [-0.15, -0.1) is 0 Å². The average molecular weight is 360 g/mol. The van der Waals surface area contributed by atoms with Crippen molar-refractivity contribution in [2.75, 3.05) is 7.11 Å². The molecule has 0 fully saturated rings. The standard InChI is InChI=1S/C18H17FN2O5/c1-11(26-15-6-4-3-5-14(15)19)16(22)20-21-17(23)12-7-9-13(10-8-12)18(24)25-2/h3-11H,1-2H3,(H,20,22)(H,21,23)/t11-/m1/s1. The van der Waals surface area contributed by atoms with E-state index >= 15 is 0 Å². The molecule has 0 aliphatic heterocycles. The maximum absolute atomic E-state index is 13.5. The summed E-state index contributed by atoms with van der Waals surface area (Å²) in [7, 11) is 1.25. The molecule has 0 saturated heterocycles. The summed E-state index contributed by atoms with van der Waals surface area (Å²) in [5.74, 6) is -2.44. The van der Waals surface area contributed by atoms with Crippen molar-refractivity contribution < 1.29 is 28.2 Å². The molecule has 8 heteroatoms. The van der Waals surface area contributed by atoms with E-state index in [1.54, 1.807) is 6.07 Å². The molecule has 2 aromatic carbocycles. The summed E-state index contributed by atoms with van der Waals surface area (Å²) in [4.78, 5) is 35.3. The quantitative estimate of drug-likeness (QED) is 0.627. The number of para-hydroxylation sites is 1. The number of hydrogen-bond donors (Lipinski definition) is 2. The predicted octanol–water partition coefficient (Wildman–Crippen LogP) is 1.84. The molecule has 2 aromatic rings. The molecule has 0 bridgehead atoms. The molecule has 136 valence electrons. The minimum Gasteiger partial charge on any atom is -0.478 e. The van der Waals surface area contributed by atoms with E-state index < -0.39 is 29.7 Å². The van der Waals surface area contributed by atoms with Gasteiger partial charge in [0, 0.05) is 5.56 Å². The Morgan fingerprint density at radius 1 is 0.962 bits per heavy atom. The molecule has 0 aliphatic rings. The number of carbonyl (C=O) groups excluding carboxylic acids is 3. The Morgan fingerprint density at radius 3 is 2.19 bits per heavy atom. The van der Waals surface area contributed by atoms with Crippen LogP contribution in [0.2, 0.25) is 0 Å². The molecule has 0 radical (unpaired) electrons. The van der Waals surface area contributed by atoms with Crippen molar-refractivity contribution in [2.24, 2.45) is 0 Å². The monoisotopic (exact) mass is 360 g/mol. The minimum atomic E-state index is -1.03. The molecule has 26 heavy (non-hydrogen) atoms. The molecule has 0 saturated carbocycles. The number of rotatable bonds is 5. The lowest BCUT2D eigenvalue weighted by Gasteiger charge is -2.15. The number of carbonyl (C=O) groups is 3. The zero-order valence-electron chi connectivity index (χ0n) is 14.1. The summed E-state index contributed by atoms with van der Waals surface area (Å²) in [6.45, 7) is 1.42. The number of ether oxygens (including phenoxy) is 2. The third-order valence-electron chi connectivity index (χ3n) is 3.38. The van der Waals surface area contributed by atoms with Crippen LogP contribution in [0.15, 0.2) is 48.5 Å². The second-order valence-electron chi connectivity index (χ2n) is 5.20. The predicted molar refractivity (Wildman–Crippen MR) is 89.9 cm³/mol. The summed E-state index contributed by atoms with van der Waals surface area (Å²) in [6.07, 6.45) is -1.03. The smallest absolute Gasteiger partial charge is 0.337 e. The molecule has 2 rings (SSSR count). The van der Waals surface area contributed by atoms with E-state index in [0.29, 0.717) is 5.56 Å². The van der Waals surface area contributed by atoms with Crippen molar-refractivity contribution in [3.8, 4) is 5.75 Å². The highest BCUT2D eigenvalue weighted by molar-refractivity contribution is 5.97. The zero-order chi connectivity index (χ0) is 19.1. The lowest BCUT2D eigenvalue weighted by molar-refractivity contribution is -0.128. The first-order valence-electron chi connectivity index (χ1n) is 7.62. The Morgan fingerprint density at radius 2 is 1.58 bits per heavy atom. The number of esters is 1. The van der Waals surface area contributed by atoms with Crippen molar-refractivity contribution in [2.45, 2.75) is 13.0 Å². The van der Waals surface area contributed by atoms with E-state index in [1.807, 2.05) is 0 Å². The van der Waals surface area contributed by atoms with Gasteiger partial charge in [0.1, 0.15) is 0 Å². The fraction of sp³-hybridized carbons (Fsp3) is 0.167. The van der Waals surface area contributed by atoms with E-state index in [1.165, 1.54) is 56.5 Å². The Balaban J connectivity index is 1.89. The van der Waals surface area contributed by atoms with Gasteiger partial charge in [0.2, 0.25) is 0 Å². The average Bonchev–Trinajstić information content (AvgIpc) is 2.67. The third kappa shape index (κ3) is 4.79. The van der Waals surface area contributed by atoms with Crippen molar-refractivity contribution in [1.82, 2.24) is 10.9 Å². The zero-order valence-corrected chi connectivity index (χ0v) is 14.1. The van der Waals surface area contributed by atoms with Crippen molar-refractivity contribution in [3.63, 3.8) is 0 Å². The van der Waals surface area contributed by atoms with Gasteiger partial charge in [0.25, 0.3) is 11.8 Å². The van der Waals surface area contributed by atoms with Crippen LogP contribution in [0.25, 0.3) is 0 Å². The van der Waals surface area contributed by atoms with Crippen LogP contribution in [0.1, 0.15) is 27.6 Å². The van der Waals surface area contributed by atoms with E-state index in [4.69, 9.17) is 4.74 Å². The van der Waals surface area contributed by atoms with Crippen molar-refractivity contribution in [1.29, 1.82) is 0 Å².